The van der Waals surface area contributed by atoms with Gasteiger partial charge in [0.15, 0.2) is 0 Å². The summed E-state index contributed by atoms with van der Waals surface area (Å²) in [6.45, 7) is 3.18. The first-order valence-electron chi connectivity index (χ1n) is 37.8. The van der Waals surface area contributed by atoms with E-state index in [9.17, 15) is 79.7 Å². The van der Waals surface area contributed by atoms with E-state index >= 15 is 0 Å². The number of ketones is 1. The number of hydrogen-bond donors (Lipinski definition) is 6. The summed E-state index contributed by atoms with van der Waals surface area (Å²) in [7, 11) is 0. The first kappa shape index (κ1) is 77.6. The first-order valence-corrected chi connectivity index (χ1v) is 37.8. The standard InChI is InChI=1S/C13H13F2NO.C13H15NO2.C13H13NO2.C13H15NO2.C13H13NO.C6H9F2NO2.C6H7F2NO.C6H7NO/c14-13(15)7-10-6-11(13)12(17)16(10)8-9-4-2-1-3-5-9;2*15-12-7-10-6-11(12)13(16)14(10)8-9-4-2-1-3-5-9;15-12-7-10-6-11(12)14(13(10)16)8-9-4-2-1-3-5-9;15-13-11-6-7-12(8-11)14(13)9-10-4-2-1-3-5-10;7-6(8)2-3(9)1-4(6)5(10)11;7-6(8)2-3-1-4(6)5(10)9-3;8-6-4-1-2-5(3-4)7-6/h1-5,10-11H,6-8H2;1-5,10-12,15H,6-8H2;1-5,10-11H,6-8H2;1-5,10-12,15H,6-8H2;1-7,11-12H,8-9H2;3-4H,1-2,9H2,(H,10,11);3-4H,1-2H2,(H,9,10);1-2,4-5H,3H2,(H,7,8)/t;;;;;3-,4-;;/m.....0../s1. The lowest BCUT2D eigenvalue weighted by Crippen LogP contribution is -2.44. The van der Waals surface area contributed by atoms with Crippen LogP contribution in [0.15, 0.2) is 176 Å². The molecule has 109 heavy (non-hydrogen) atoms. The minimum absolute atomic E-state index is 0.0325. The number of carboxylic acid groups (broad SMARTS) is 1. The van der Waals surface area contributed by atoms with Crippen molar-refractivity contribution in [3.05, 3.63) is 204 Å². The number of carboxylic acids is 1. The van der Waals surface area contributed by atoms with Gasteiger partial charge in [0.1, 0.15) is 23.5 Å². The molecule has 7 N–H and O–H groups in total. The number of Topliss-reactive ketones (excluding diaryl/α,β-unsaturated/α-hetero) is 1. The molecule has 7 heterocycles. The normalized spacial score (nSPS) is 32.5. The second-order valence-electron chi connectivity index (χ2n) is 31.3. The molecule has 16 unspecified atom stereocenters. The van der Waals surface area contributed by atoms with Crippen LogP contribution in [0, 0.1) is 47.3 Å². The van der Waals surface area contributed by atoms with Crippen LogP contribution in [0.3, 0.4) is 0 Å². The highest BCUT2D eigenvalue weighted by Crippen LogP contribution is 2.50. The SMILES string of the molecule is N[C@H]1C[C@@H](C(=O)O)C(F)(F)C1.O=C1C2C=CC(C2)N1Cc1ccccc1.O=C1C2CC(CC2(F)F)N1Cc1ccccc1.O=C1C2CC(CC2O)N1Cc1ccccc1.O=C1C2CC(O)C(C2)N1Cc1ccccc1.O=C1CC2CC1C(=O)N2Cc1ccccc1.O=C1NC2C=CC1C2.O=C1NC2CC1C(F)(F)C2. The van der Waals surface area contributed by atoms with E-state index in [1.54, 1.807) is 4.90 Å². The maximum Gasteiger partial charge on any atom is 0.312 e. The maximum absolute atomic E-state index is 13.4. The number of amides is 7. The van der Waals surface area contributed by atoms with Crippen LogP contribution in [0.4, 0.5) is 26.3 Å². The highest BCUT2D eigenvalue weighted by atomic mass is 19.3. The van der Waals surface area contributed by atoms with Gasteiger partial charge in [-0.15, -0.1) is 0 Å². The van der Waals surface area contributed by atoms with Gasteiger partial charge in [0.2, 0.25) is 41.4 Å². The highest BCUT2D eigenvalue weighted by molar-refractivity contribution is 6.06. The largest absolute Gasteiger partial charge is 0.481 e. The number of nitrogens with one attached hydrogen (secondary N) is 2. The number of likely N-dealkylation sites (tertiary alicyclic amines) is 5. The van der Waals surface area contributed by atoms with Crippen molar-refractivity contribution < 1.29 is 84.8 Å². The van der Waals surface area contributed by atoms with Crippen LogP contribution in [0.2, 0.25) is 0 Å². The Bertz CT molecular complexity index is 4210. The molecule has 18 atom stereocenters. The molecule has 14 bridgehead atoms. The smallest absolute Gasteiger partial charge is 0.312 e. The van der Waals surface area contributed by atoms with E-state index in [2.05, 4.69) is 41.0 Å². The van der Waals surface area contributed by atoms with Gasteiger partial charge in [-0.1, -0.05) is 176 Å². The van der Waals surface area contributed by atoms with E-state index in [0.717, 1.165) is 67.3 Å². The summed E-state index contributed by atoms with van der Waals surface area (Å²) < 4.78 is 77.3. The highest BCUT2D eigenvalue weighted by Gasteiger charge is 2.62. The molecule has 13 fully saturated rings. The van der Waals surface area contributed by atoms with Crippen molar-refractivity contribution in [3.63, 3.8) is 0 Å². The maximum atomic E-state index is 13.4. The van der Waals surface area contributed by atoms with Crippen LogP contribution in [0.1, 0.15) is 118 Å². The van der Waals surface area contributed by atoms with Gasteiger partial charge in [0.05, 0.1) is 48.0 Å². The van der Waals surface area contributed by atoms with Crippen molar-refractivity contribution in [2.75, 3.05) is 0 Å². The Kier molecular flexibility index (Phi) is 23.2. The Morgan fingerprint density at radius 2 is 0.945 bits per heavy atom. The summed E-state index contributed by atoms with van der Waals surface area (Å²) in [6, 6.07) is 49.6. The number of halogens is 6. The number of piperidine rings is 5. The number of carbonyl (C=O) groups is 9. The molecule has 5 aromatic carbocycles. The molecule has 20 nitrogen and oxygen atoms in total. The predicted molar refractivity (Wildman–Crippen MR) is 386 cm³/mol. The van der Waals surface area contributed by atoms with Crippen LogP contribution in [0.5, 0.6) is 0 Å². The number of fused-ring (bicyclic) bond motifs is 14. The molecule has 7 amide bonds. The number of benzene rings is 5. The summed E-state index contributed by atoms with van der Waals surface area (Å²) >= 11 is 0. The van der Waals surface area contributed by atoms with Crippen LogP contribution >= 0.6 is 0 Å². The van der Waals surface area contributed by atoms with Gasteiger partial charge >= 0.3 is 5.97 Å². The summed E-state index contributed by atoms with van der Waals surface area (Å²) in [4.78, 5) is 112. The third-order valence-corrected chi connectivity index (χ3v) is 23.9. The van der Waals surface area contributed by atoms with Crippen LogP contribution in [-0.2, 0) is 75.9 Å². The zero-order valence-electron chi connectivity index (χ0n) is 60.2. The second kappa shape index (κ2) is 32.6. The molecule has 0 aromatic heterocycles. The molecule has 5 aromatic rings. The first-order chi connectivity index (χ1) is 52.1. The van der Waals surface area contributed by atoms with E-state index in [-0.39, 0.29) is 120 Å². The number of aliphatic hydroxyl groups excluding tert-OH is 2. The van der Waals surface area contributed by atoms with Crippen molar-refractivity contribution in [1.29, 1.82) is 0 Å². The molecule has 8 aliphatic carbocycles. The molecule has 15 aliphatic rings. The molecule has 0 radical (unpaired) electrons. The fourth-order valence-electron chi connectivity index (χ4n) is 18.2. The lowest BCUT2D eigenvalue weighted by Gasteiger charge is -2.31. The van der Waals surface area contributed by atoms with Crippen molar-refractivity contribution in [3.8, 4) is 0 Å². The van der Waals surface area contributed by atoms with E-state index in [1.807, 2.05) is 165 Å². The molecule has 26 heteroatoms. The molecule has 6 saturated carbocycles. The number of aliphatic carboxylic acids is 1. The van der Waals surface area contributed by atoms with Gasteiger partial charge in [-0.05, 0) is 92.0 Å². The molecular weight excluding hydrogens is 1410 g/mol. The monoisotopic (exact) mass is 1510 g/mol. The van der Waals surface area contributed by atoms with Crippen molar-refractivity contribution >= 4 is 53.1 Å². The molecule has 578 valence electrons. The lowest BCUT2D eigenvalue weighted by atomic mass is 10.0. The molecular formula is C83H92F6N8O12. The zero-order chi connectivity index (χ0) is 77.2. The average molecular weight is 1510 g/mol. The van der Waals surface area contributed by atoms with E-state index < -0.39 is 66.0 Å². The van der Waals surface area contributed by atoms with E-state index in [0.29, 0.717) is 69.9 Å². The predicted octanol–water partition coefficient (Wildman–Crippen LogP) is 9.16. The van der Waals surface area contributed by atoms with Gasteiger partial charge in [-0.2, -0.15) is 0 Å². The Hall–Kier alpha value is -9.53. The minimum Gasteiger partial charge on any atom is -0.481 e. The number of nitrogens with two attached hydrogens (primary N) is 1. The van der Waals surface area contributed by atoms with Crippen LogP contribution in [0.25, 0.3) is 0 Å². The topological polar surface area (TPSA) is 281 Å². The number of rotatable bonds is 11. The number of aliphatic hydroxyl groups is 2. The van der Waals surface area contributed by atoms with E-state index in [4.69, 9.17) is 10.8 Å². The zero-order valence-corrected chi connectivity index (χ0v) is 60.2. The number of nitrogens with zero attached hydrogens (tertiary/aromatic N) is 5. The van der Waals surface area contributed by atoms with Crippen molar-refractivity contribution in [2.45, 2.75) is 201 Å². The minimum atomic E-state index is -3.12. The summed E-state index contributed by atoms with van der Waals surface area (Å²) in [5, 5.41) is 33.1. The summed E-state index contributed by atoms with van der Waals surface area (Å²) in [5.74, 6) is -13.6. The third kappa shape index (κ3) is 17.4. The Morgan fingerprint density at radius 3 is 1.31 bits per heavy atom. The Morgan fingerprint density at radius 1 is 0.431 bits per heavy atom. The summed E-state index contributed by atoms with van der Waals surface area (Å²) in [6.07, 6.45) is 13.6. The van der Waals surface area contributed by atoms with Gasteiger partial charge in [-0.3, -0.25) is 43.2 Å². The second-order valence-corrected chi connectivity index (χ2v) is 31.3. The van der Waals surface area contributed by atoms with Crippen LogP contribution < -0.4 is 16.4 Å². The van der Waals surface area contributed by atoms with Crippen molar-refractivity contribution in [1.82, 2.24) is 35.1 Å². The lowest BCUT2D eigenvalue weighted by molar-refractivity contribution is -0.153. The molecule has 20 rings (SSSR count). The number of carbonyl (C=O) groups excluding carboxylic acids is 8. The molecule has 0 spiro atoms. The van der Waals surface area contributed by atoms with Gasteiger partial charge in [0.25, 0.3) is 17.8 Å². The van der Waals surface area contributed by atoms with Gasteiger partial charge in [-0.25, -0.2) is 26.3 Å². The fourth-order valence-corrected chi connectivity index (χ4v) is 18.2. The summed E-state index contributed by atoms with van der Waals surface area (Å²) in [5.41, 5.74) is 10.8. The van der Waals surface area contributed by atoms with Gasteiger partial charge < -0.3 is 56.2 Å². The quantitative estimate of drug-likeness (QED) is 0.0409. The number of alkyl halides is 6. The Balaban J connectivity index is 0.000000111. The molecule has 7 aliphatic heterocycles. The molecule has 7 saturated heterocycles. The fraction of sp³-hybridized carbons (Fsp3) is 0.482. The van der Waals surface area contributed by atoms with Gasteiger partial charge in [0, 0.05) is 101 Å². The van der Waals surface area contributed by atoms with E-state index in [1.165, 1.54) is 5.56 Å². The van der Waals surface area contributed by atoms with Crippen molar-refractivity contribution in [2.24, 2.45) is 53.1 Å². The number of hydrogen-bond acceptors (Lipinski definition) is 12. The third-order valence-electron chi connectivity index (χ3n) is 23.9. The average Bonchev–Trinajstić information content (AvgIpc) is 1.59. The van der Waals surface area contributed by atoms with Crippen LogP contribution in [-0.4, -0.2) is 171 Å². The Labute approximate surface area is 628 Å².